The van der Waals surface area contributed by atoms with Gasteiger partial charge in [0.25, 0.3) is 10.0 Å². The summed E-state index contributed by atoms with van der Waals surface area (Å²) in [5.41, 5.74) is 1.70. The van der Waals surface area contributed by atoms with Crippen LogP contribution in [0.5, 0.6) is 5.75 Å². The second kappa shape index (κ2) is 9.31. The quantitative estimate of drug-likeness (QED) is 0.331. The van der Waals surface area contributed by atoms with Crippen LogP contribution in [0.4, 0.5) is 14.6 Å². The van der Waals surface area contributed by atoms with E-state index >= 15 is 0 Å². The van der Waals surface area contributed by atoms with E-state index in [1.165, 1.54) is 50.0 Å². The molecule has 36 heavy (non-hydrogen) atoms. The number of hydrogen-bond acceptors (Lipinski definition) is 6. The van der Waals surface area contributed by atoms with Crippen LogP contribution in [0.3, 0.4) is 0 Å². The molecule has 2 aromatic heterocycles. The Hall–Kier alpha value is -4.44. The van der Waals surface area contributed by atoms with Crippen LogP contribution in [0.2, 0.25) is 0 Å². The van der Waals surface area contributed by atoms with Gasteiger partial charge in [0.15, 0.2) is 11.6 Å². The van der Waals surface area contributed by atoms with Crippen LogP contribution in [0, 0.1) is 11.6 Å². The first kappa shape index (κ1) is 23.3. The van der Waals surface area contributed by atoms with Crippen molar-refractivity contribution < 1.29 is 21.9 Å². The third kappa shape index (κ3) is 4.34. The zero-order chi connectivity index (χ0) is 25.3. The number of anilines is 1. The molecule has 0 aliphatic heterocycles. The Labute approximate surface area is 205 Å². The first-order valence-electron chi connectivity index (χ1n) is 10.7. The molecule has 0 aliphatic rings. The molecule has 5 rings (SSSR count). The first-order chi connectivity index (χ1) is 17.4. The highest BCUT2D eigenvalue weighted by Gasteiger charge is 2.18. The average molecular weight is 505 g/mol. The van der Waals surface area contributed by atoms with Crippen LogP contribution >= 0.6 is 0 Å². The van der Waals surface area contributed by atoms with Crippen molar-refractivity contribution in [2.45, 2.75) is 4.90 Å². The monoisotopic (exact) mass is 504 g/mol. The van der Waals surface area contributed by atoms with E-state index in [4.69, 9.17) is 4.74 Å². The van der Waals surface area contributed by atoms with Gasteiger partial charge in [-0.3, -0.25) is 9.71 Å². The number of halogens is 2. The number of ether oxygens (including phenoxy) is 1. The van der Waals surface area contributed by atoms with Crippen LogP contribution in [-0.4, -0.2) is 30.5 Å². The zero-order valence-corrected chi connectivity index (χ0v) is 19.6. The Morgan fingerprint density at radius 3 is 2.53 bits per heavy atom. The predicted molar refractivity (Wildman–Crippen MR) is 132 cm³/mol. The molecule has 0 fully saturated rings. The average Bonchev–Trinajstić information content (AvgIpc) is 2.89. The molecular formula is C26H18F2N4O3S. The highest BCUT2D eigenvalue weighted by Crippen LogP contribution is 2.37. The lowest BCUT2D eigenvalue weighted by Gasteiger charge is -2.14. The van der Waals surface area contributed by atoms with Gasteiger partial charge in [0.05, 0.1) is 17.7 Å². The smallest absolute Gasteiger partial charge is 0.263 e. The van der Waals surface area contributed by atoms with Gasteiger partial charge in [-0.15, -0.1) is 0 Å². The number of nitrogens with one attached hydrogen (secondary N) is 1. The summed E-state index contributed by atoms with van der Waals surface area (Å²) in [5.74, 6) is -1.33. The Kier molecular flexibility index (Phi) is 6.03. The van der Waals surface area contributed by atoms with Gasteiger partial charge >= 0.3 is 0 Å². The SMILES string of the molecule is COc1cc(-c2cccc(F)c2F)ccc1-c1nccc2cc(S(=O)(=O)Nc3ccncn3)ccc12. The molecule has 0 radical (unpaired) electrons. The molecule has 10 heteroatoms. The molecule has 0 spiro atoms. The van der Waals surface area contributed by atoms with Crippen molar-refractivity contribution in [3.63, 3.8) is 0 Å². The molecule has 0 bridgehead atoms. The maximum atomic E-state index is 14.3. The normalized spacial score (nSPS) is 11.4. The molecule has 0 unspecified atom stereocenters. The number of hydrogen-bond donors (Lipinski definition) is 1. The molecule has 7 nitrogen and oxygen atoms in total. The molecule has 0 saturated carbocycles. The van der Waals surface area contributed by atoms with Gasteiger partial charge in [-0.1, -0.05) is 24.3 Å². The molecule has 5 aromatic rings. The summed E-state index contributed by atoms with van der Waals surface area (Å²) < 4.78 is 61.8. The lowest BCUT2D eigenvalue weighted by Crippen LogP contribution is -2.13. The number of benzene rings is 3. The number of fused-ring (bicyclic) bond motifs is 1. The van der Waals surface area contributed by atoms with E-state index in [0.717, 1.165) is 6.07 Å². The van der Waals surface area contributed by atoms with E-state index in [-0.39, 0.29) is 16.3 Å². The topological polar surface area (TPSA) is 94.1 Å². The van der Waals surface area contributed by atoms with Crippen LogP contribution < -0.4 is 9.46 Å². The fourth-order valence-electron chi connectivity index (χ4n) is 3.87. The van der Waals surface area contributed by atoms with E-state index in [0.29, 0.717) is 33.3 Å². The third-order valence-electron chi connectivity index (χ3n) is 5.59. The van der Waals surface area contributed by atoms with Crippen molar-refractivity contribution in [1.82, 2.24) is 15.0 Å². The van der Waals surface area contributed by atoms with Gasteiger partial charge in [-0.2, -0.15) is 0 Å². The van der Waals surface area contributed by atoms with E-state index in [1.54, 1.807) is 36.5 Å². The van der Waals surface area contributed by atoms with Gasteiger partial charge < -0.3 is 4.74 Å². The number of pyridine rings is 1. The number of sulfonamides is 1. The van der Waals surface area contributed by atoms with Crippen LogP contribution in [-0.2, 0) is 10.0 Å². The van der Waals surface area contributed by atoms with Crippen LogP contribution in [0.1, 0.15) is 0 Å². The van der Waals surface area contributed by atoms with Crippen molar-refractivity contribution in [1.29, 1.82) is 0 Å². The fourth-order valence-corrected chi connectivity index (χ4v) is 4.91. The van der Waals surface area contributed by atoms with Crippen LogP contribution in [0.15, 0.2) is 90.3 Å². The third-order valence-corrected chi connectivity index (χ3v) is 6.94. The van der Waals surface area contributed by atoms with Crippen LogP contribution in [0.25, 0.3) is 33.2 Å². The van der Waals surface area contributed by atoms with Gasteiger partial charge in [0.2, 0.25) is 0 Å². The maximum absolute atomic E-state index is 14.3. The van der Waals surface area contributed by atoms with E-state index in [1.807, 2.05) is 0 Å². The van der Waals surface area contributed by atoms with E-state index in [9.17, 15) is 17.2 Å². The minimum absolute atomic E-state index is 0.0506. The summed E-state index contributed by atoms with van der Waals surface area (Å²) in [6, 6.07) is 16.8. The maximum Gasteiger partial charge on any atom is 0.263 e. The zero-order valence-electron chi connectivity index (χ0n) is 18.8. The minimum atomic E-state index is -3.89. The number of rotatable bonds is 6. The standard InChI is InChI=1S/C26H18F2N4O3S/c1-35-23-14-16(19-3-2-4-22(27)25(19)28)5-7-21(23)26-20-8-6-18(13-17(20)9-12-30-26)36(33,34)32-24-10-11-29-15-31-24/h2-15H,1H3,(H,29,31,32). The first-order valence-corrected chi connectivity index (χ1v) is 12.2. The molecule has 0 aliphatic carbocycles. The molecule has 1 N–H and O–H groups in total. The summed E-state index contributed by atoms with van der Waals surface area (Å²) in [7, 11) is -2.42. The Morgan fingerprint density at radius 1 is 0.889 bits per heavy atom. The van der Waals surface area contributed by atoms with Gasteiger partial charge in [0.1, 0.15) is 17.9 Å². The second-order valence-electron chi connectivity index (χ2n) is 7.76. The molecule has 0 atom stereocenters. The summed E-state index contributed by atoms with van der Waals surface area (Å²) in [5, 5.41) is 1.31. The number of methoxy groups -OCH3 is 1. The largest absolute Gasteiger partial charge is 0.496 e. The van der Waals surface area contributed by atoms with Crippen molar-refractivity contribution in [3.8, 4) is 28.1 Å². The second-order valence-corrected chi connectivity index (χ2v) is 9.44. The van der Waals surface area contributed by atoms with Crippen molar-refractivity contribution in [2.24, 2.45) is 0 Å². The lowest BCUT2D eigenvalue weighted by molar-refractivity contribution is 0.416. The summed E-state index contributed by atoms with van der Waals surface area (Å²) >= 11 is 0. The van der Waals surface area contributed by atoms with E-state index < -0.39 is 21.7 Å². The van der Waals surface area contributed by atoms with Crippen molar-refractivity contribution >= 4 is 26.6 Å². The predicted octanol–water partition coefficient (Wildman–Crippen LogP) is 5.45. The Morgan fingerprint density at radius 2 is 1.75 bits per heavy atom. The molecule has 2 heterocycles. The van der Waals surface area contributed by atoms with Gasteiger partial charge in [-0.25, -0.2) is 27.2 Å². The molecular weight excluding hydrogens is 486 g/mol. The molecule has 0 saturated heterocycles. The highest BCUT2D eigenvalue weighted by atomic mass is 32.2. The highest BCUT2D eigenvalue weighted by molar-refractivity contribution is 7.92. The number of aromatic nitrogens is 3. The summed E-state index contributed by atoms with van der Waals surface area (Å²) in [6.45, 7) is 0. The van der Waals surface area contributed by atoms with E-state index in [2.05, 4.69) is 19.7 Å². The molecule has 0 amide bonds. The fraction of sp³-hybridized carbons (Fsp3) is 0.0385. The molecule has 3 aromatic carbocycles. The lowest BCUT2D eigenvalue weighted by atomic mass is 9.98. The Balaban J connectivity index is 1.56. The summed E-state index contributed by atoms with van der Waals surface area (Å²) in [4.78, 5) is 12.2. The van der Waals surface area contributed by atoms with Gasteiger partial charge in [-0.05, 0) is 53.4 Å². The van der Waals surface area contributed by atoms with Crippen molar-refractivity contribution in [2.75, 3.05) is 11.8 Å². The minimum Gasteiger partial charge on any atom is -0.496 e. The Bertz CT molecular complexity index is 1700. The number of nitrogens with zero attached hydrogens (tertiary/aromatic N) is 3. The van der Waals surface area contributed by atoms with Crippen molar-refractivity contribution in [3.05, 3.63) is 97.1 Å². The molecule has 180 valence electrons. The summed E-state index contributed by atoms with van der Waals surface area (Å²) in [6.07, 6.45) is 4.24. The van der Waals surface area contributed by atoms with Gasteiger partial charge in [0, 0.05) is 28.9 Å².